The predicted octanol–water partition coefficient (Wildman–Crippen LogP) is -1.14. The third kappa shape index (κ3) is 3.25. The zero-order chi connectivity index (χ0) is 10.4. The van der Waals surface area contributed by atoms with Crippen molar-refractivity contribution >= 4 is 5.91 Å². The number of ether oxygens (including phenoxy) is 1. The van der Waals surface area contributed by atoms with E-state index in [9.17, 15) is 4.79 Å². The summed E-state index contributed by atoms with van der Waals surface area (Å²) in [6.45, 7) is 1.15. The van der Waals surface area contributed by atoms with Crippen molar-refractivity contribution in [3.8, 4) is 0 Å². The molecule has 1 rings (SSSR count). The van der Waals surface area contributed by atoms with Crippen LogP contribution in [0.25, 0.3) is 0 Å². The molecule has 1 aliphatic rings. The first-order chi connectivity index (χ1) is 6.77. The van der Waals surface area contributed by atoms with E-state index in [1.165, 1.54) is 0 Å². The fourth-order valence-corrected chi connectivity index (χ4v) is 1.55. The van der Waals surface area contributed by atoms with Crippen molar-refractivity contribution < 1.29 is 14.6 Å². The van der Waals surface area contributed by atoms with E-state index in [1.54, 1.807) is 7.11 Å². The molecule has 0 aromatic carbocycles. The molecule has 2 unspecified atom stereocenters. The predicted molar refractivity (Wildman–Crippen MR) is 51.9 cm³/mol. The van der Waals surface area contributed by atoms with Crippen molar-refractivity contribution in [3.05, 3.63) is 0 Å². The smallest absolute Gasteiger partial charge is 0.237 e. The lowest BCUT2D eigenvalue weighted by atomic mass is 10.2. The van der Waals surface area contributed by atoms with E-state index < -0.39 is 0 Å². The summed E-state index contributed by atoms with van der Waals surface area (Å²) in [6, 6.07) is -0.393. The molecule has 0 aromatic heterocycles. The molecule has 0 saturated carbocycles. The number of hydrogen-bond donors (Lipinski definition) is 3. The lowest BCUT2D eigenvalue weighted by molar-refractivity contribution is -0.124. The van der Waals surface area contributed by atoms with Gasteiger partial charge in [0, 0.05) is 7.11 Å². The van der Waals surface area contributed by atoms with Crippen LogP contribution in [0.1, 0.15) is 12.8 Å². The van der Waals surface area contributed by atoms with E-state index >= 15 is 0 Å². The minimum atomic E-state index is -0.296. The topological polar surface area (TPSA) is 70.6 Å². The maximum Gasteiger partial charge on any atom is 0.237 e. The molecular weight excluding hydrogens is 184 g/mol. The minimum absolute atomic E-state index is 0.0430. The molecule has 1 fully saturated rings. The van der Waals surface area contributed by atoms with Crippen LogP contribution in [0.3, 0.4) is 0 Å². The molecule has 3 N–H and O–H groups in total. The van der Waals surface area contributed by atoms with Gasteiger partial charge >= 0.3 is 0 Å². The Balaban J connectivity index is 2.29. The van der Waals surface area contributed by atoms with Crippen LogP contribution in [0.5, 0.6) is 0 Å². The first-order valence-electron chi connectivity index (χ1n) is 4.91. The van der Waals surface area contributed by atoms with Gasteiger partial charge in [-0.25, -0.2) is 0 Å². The van der Waals surface area contributed by atoms with Gasteiger partial charge in [-0.3, -0.25) is 4.79 Å². The maximum absolute atomic E-state index is 11.5. The highest BCUT2D eigenvalue weighted by molar-refractivity contribution is 5.82. The van der Waals surface area contributed by atoms with Crippen molar-refractivity contribution in [2.45, 2.75) is 24.9 Å². The SMILES string of the molecule is COCC(CO)NC(=O)C1CCCN1. The number of hydrogen-bond acceptors (Lipinski definition) is 4. The molecule has 82 valence electrons. The third-order valence-corrected chi connectivity index (χ3v) is 2.31. The van der Waals surface area contributed by atoms with E-state index in [4.69, 9.17) is 9.84 Å². The number of nitrogens with one attached hydrogen (secondary N) is 2. The van der Waals surface area contributed by atoms with Crippen LogP contribution in [0, 0.1) is 0 Å². The molecule has 0 bridgehead atoms. The van der Waals surface area contributed by atoms with E-state index in [-0.39, 0.29) is 24.6 Å². The largest absolute Gasteiger partial charge is 0.394 e. The number of rotatable bonds is 5. The van der Waals surface area contributed by atoms with Crippen LogP contribution in [0.4, 0.5) is 0 Å². The summed E-state index contributed by atoms with van der Waals surface area (Å²) in [5.41, 5.74) is 0. The zero-order valence-corrected chi connectivity index (χ0v) is 8.45. The number of carbonyl (C=O) groups excluding carboxylic acids is 1. The summed E-state index contributed by atoms with van der Waals surface area (Å²) in [5.74, 6) is -0.0430. The van der Waals surface area contributed by atoms with Crippen LogP contribution < -0.4 is 10.6 Å². The van der Waals surface area contributed by atoms with Crippen LogP contribution in [0.2, 0.25) is 0 Å². The number of aliphatic hydroxyl groups is 1. The highest BCUT2D eigenvalue weighted by Gasteiger charge is 2.23. The molecule has 0 aliphatic carbocycles. The van der Waals surface area contributed by atoms with E-state index in [0.29, 0.717) is 6.61 Å². The molecule has 0 aromatic rings. The average molecular weight is 202 g/mol. The highest BCUT2D eigenvalue weighted by atomic mass is 16.5. The van der Waals surface area contributed by atoms with E-state index in [0.717, 1.165) is 19.4 Å². The maximum atomic E-state index is 11.5. The lowest BCUT2D eigenvalue weighted by Crippen LogP contribution is -2.48. The summed E-state index contributed by atoms with van der Waals surface area (Å²) in [4.78, 5) is 11.5. The zero-order valence-electron chi connectivity index (χ0n) is 8.45. The summed E-state index contributed by atoms with van der Waals surface area (Å²) in [5, 5.41) is 14.8. The van der Waals surface area contributed by atoms with Gasteiger partial charge in [0.1, 0.15) is 0 Å². The fraction of sp³-hybridized carbons (Fsp3) is 0.889. The number of carbonyl (C=O) groups is 1. The lowest BCUT2D eigenvalue weighted by Gasteiger charge is -2.18. The van der Waals surface area contributed by atoms with Crippen LogP contribution in [0.15, 0.2) is 0 Å². The normalized spacial score (nSPS) is 23.4. The fourth-order valence-electron chi connectivity index (χ4n) is 1.55. The van der Waals surface area contributed by atoms with Crippen molar-refractivity contribution in [3.63, 3.8) is 0 Å². The van der Waals surface area contributed by atoms with Gasteiger partial charge in [-0.05, 0) is 19.4 Å². The summed E-state index contributed by atoms with van der Waals surface area (Å²) in [7, 11) is 1.54. The van der Waals surface area contributed by atoms with Gasteiger partial charge in [-0.2, -0.15) is 0 Å². The van der Waals surface area contributed by atoms with Crippen molar-refractivity contribution in [1.82, 2.24) is 10.6 Å². The Morgan fingerprint density at radius 3 is 3.07 bits per heavy atom. The highest BCUT2D eigenvalue weighted by Crippen LogP contribution is 2.04. The Kier molecular flexibility index (Phi) is 4.86. The third-order valence-electron chi connectivity index (χ3n) is 2.31. The average Bonchev–Trinajstić information content (AvgIpc) is 2.69. The van der Waals surface area contributed by atoms with Crippen LogP contribution in [-0.4, -0.2) is 50.0 Å². The van der Waals surface area contributed by atoms with Crippen LogP contribution in [-0.2, 0) is 9.53 Å². The van der Waals surface area contributed by atoms with Gasteiger partial charge < -0.3 is 20.5 Å². The molecule has 14 heavy (non-hydrogen) atoms. The van der Waals surface area contributed by atoms with Gasteiger partial charge in [0.05, 0.1) is 25.3 Å². The molecule has 0 spiro atoms. The first-order valence-corrected chi connectivity index (χ1v) is 4.91. The summed E-state index contributed by atoms with van der Waals surface area (Å²) >= 11 is 0. The molecule has 2 atom stereocenters. The quantitative estimate of drug-likeness (QED) is 0.527. The van der Waals surface area contributed by atoms with E-state index in [2.05, 4.69) is 10.6 Å². The molecule has 0 radical (unpaired) electrons. The Bertz CT molecular complexity index is 181. The number of methoxy groups -OCH3 is 1. The van der Waals surface area contributed by atoms with E-state index in [1.807, 2.05) is 0 Å². The second kappa shape index (κ2) is 5.95. The molecule has 5 nitrogen and oxygen atoms in total. The van der Waals surface area contributed by atoms with Crippen molar-refractivity contribution in [1.29, 1.82) is 0 Å². The Labute approximate surface area is 83.8 Å². The Morgan fingerprint density at radius 2 is 2.57 bits per heavy atom. The van der Waals surface area contributed by atoms with Gasteiger partial charge in [-0.15, -0.1) is 0 Å². The molecule has 1 amide bonds. The molecule has 5 heteroatoms. The number of amides is 1. The first kappa shape index (κ1) is 11.4. The summed E-state index contributed by atoms with van der Waals surface area (Å²) in [6.07, 6.45) is 1.91. The van der Waals surface area contributed by atoms with Gasteiger partial charge in [0.25, 0.3) is 0 Å². The second-order valence-electron chi connectivity index (χ2n) is 3.49. The molecule has 1 aliphatic heterocycles. The van der Waals surface area contributed by atoms with Gasteiger partial charge in [-0.1, -0.05) is 0 Å². The monoisotopic (exact) mass is 202 g/mol. The van der Waals surface area contributed by atoms with Crippen molar-refractivity contribution in [2.24, 2.45) is 0 Å². The summed E-state index contributed by atoms with van der Waals surface area (Å²) < 4.78 is 4.86. The van der Waals surface area contributed by atoms with Crippen LogP contribution >= 0.6 is 0 Å². The Hall–Kier alpha value is -0.650. The Morgan fingerprint density at radius 1 is 1.79 bits per heavy atom. The number of aliphatic hydroxyl groups excluding tert-OH is 1. The van der Waals surface area contributed by atoms with Crippen molar-refractivity contribution in [2.75, 3.05) is 26.9 Å². The molecule has 1 saturated heterocycles. The molecule has 1 heterocycles. The molecular formula is C9H18N2O3. The second-order valence-corrected chi connectivity index (χ2v) is 3.49. The van der Waals surface area contributed by atoms with Gasteiger partial charge in [0.15, 0.2) is 0 Å². The van der Waals surface area contributed by atoms with Gasteiger partial charge in [0.2, 0.25) is 5.91 Å². The standard InChI is InChI=1S/C9H18N2O3/c1-14-6-7(5-12)11-9(13)8-3-2-4-10-8/h7-8,10,12H,2-6H2,1H3,(H,11,13). The minimum Gasteiger partial charge on any atom is -0.394 e.